The van der Waals surface area contributed by atoms with Crippen LogP contribution in [0.5, 0.6) is 5.75 Å². The van der Waals surface area contributed by atoms with E-state index in [1.54, 1.807) is 18.2 Å². The highest BCUT2D eigenvalue weighted by Crippen LogP contribution is 2.30. The lowest BCUT2D eigenvalue weighted by Gasteiger charge is -2.22. The Kier molecular flexibility index (Phi) is 3.55. The fourth-order valence-corrected chi connectivity index (χ4v) is 3.23. The molecule has 0 radical (unpaired) electrons. The van der Waals surface area contributed by atoms with Crippen LogP contribution < -0.4 is 10.1 Å². The van der Waals surface area contributed by atoms with Crippen molar-refractivity contribution < 1.29 is 13.5 Å². The first-order valence-corrected chi connectivity index (χ1v) is 6.78. The Balaban J connectivity index is 1.66. The first-order valence-electron chi connectivity index (χ1n) is 6.78. The molecule has 1 aromatic rings. The minimum atomic E-state index is -2.77. The monoisotopic (exact) mass is 268 g/mol. The van der Waals surface area contributed by atoms with E-state index in [2.05, 4.69) is 15.0 Å². The van der Waals surface area contributed by atoms with Gasteiger partial charge in [-0.3, -0.25) is 4.90 Å². The number of halogens is 2. The van der Waals surface area contributed by atoms with Crippen LogP contribution in [-0.2, 0) is 0 Å². The van der Waals surface area contributed by atoms with Crippen LogP contribution in [-0.4, -0.2) is 36.7 Å². The number of ether oxygens (including phenoxy) is 1. The molecule has 1 aromatic carbocycles. The topological polar surface area (TPSA) is 24.5 Å². The standard InChI is InChI=1S/C14H18F2N2O/c15-14(16)19-11-4-1-3-10(9-11)17-12-6-8-18-7-2-5-13(12)18/h1,3-4,9,12-14,17H,2,5-8H2. The van der Waals surface area contributed by atoms with Crippen LogP contribution in [0.25, 0.3) is 0 Å². The normalized spacial score (nSPS) is 26.7. The number of fused-ring (bicyclic) bond motifs is 1. The highest BCUT2D eigenvalue weighted by atomic mass is 19.3. The number of rotatable bonds is 4. The van der Waals surface area contributed by atoms with Crippen LogP contribution in [0.2, 0.25) is 0 Å². The van der Waals surface area contributed by atoms with E-state index in [0.717, 1.165) is 18.7 Å². The third kappa shape index (κ3) is 2.81. The molecule has 2 atom stereocenters. The van der Waals surface area contributed by atoms with Gasteiger partial charge in [0.1, 0.15) is 5.75 Å². The van der Waals surface area contributed by atoms with Crippen molar-refractivity contribution in [1.82, 2.24) is 4.90 Å². The summed E-state index contributed by atoms with van der Waals surface area (Å²) < 4.78 is 28.8. The number of nitrogens with one attached hydrogen (secondary N) is 1. The van der Waals surface area contributed by atoms with Crippen LogP contribution in [0, 0.1) is 0 Å². The van der Waals surface area contributed by atoms with Gasteiger partial charge < -0.3 is 10.1 Å². The minimum Gasteiger partial charge on any atom is -0.435 e. The molecule has 3 nitrogen and oxygen atoms in total. The van der Waals surface area contributed by atoms with Gasteiger partial charge in [0.05, 0.1) is 0 Å². The molecule has 0 amide bonds. The molecular weight excluding hydrogens is 250 g/mol. The van der Waals surface area contributed by atoms with Crippen molar-refractivity contribution in [3.05, 3.63) is 24.3 Å². The third-order valence-electron chi connectivity index (χ3n) is 4.02. The van der Waals surface area contributed by atoms with E-state index >= 15 is 0 Å². The molecule has 3 rings (SSSR count). The van der Waals surface area contributed by atoms with E-state index in [-0.39, 0.29) is 5.75 Å². The van der Waals surface area contributed by atoms with Crippen molar-refractivity contribution in [2.45, 2.75) is 38.0 Å². The second kappa shape index (κ2) is 5.33. The highest BCUT2D eigenvalue weighted by molar-refractivity contribution is 5.49. The van der Waals surface area contributed by atoms with Gasteiger partial charge in [-0.05, 0) is 37.9 Å². The Hall–Kier alpha value is -1.36. The Morgan fingerprint density at radius 1 is 1.26 bits per heavy atom. The largest absolute Gasteiger partial charge is 0.435 e. The van der Waals surface area contributed by atoms with Crippen molar-refractivity contribution in [1.29, 1.82) is 0 Å². The lowest BCUT2D eigenvalue weighted by atomic mass is 10.1. The molecule has 2 saturated heterocycles. The van der Waals surface area contributed by atoms with E-state index in [4.69, 9.17) is 0 Å². The van der Waals surface area contributed by atoms with Gasteiger partial charge in [-0.2, -0.15) is 8.78 Å². The second-order valence-electron chi connectivity index (χ2n) is 5.19. The van der Waals surface area contributed by atoms with Crippen LogP contribution in [0.3, 0.4) is 0 Å². The predicted molar refractivity (Wildman–Crippen MR) is 69.7 cm³/mol. The molecular formula is C14H18F2N2O. The maximum absolute atomic E-state index is 12.2. The molecule has 1 N–H and O–H groups in total. The van der Waals surface area contributed by atoms with Crippen molar-refractivity contribution in [2.75, 3.05) is 18.4 Å². The van der Waals surface area contributed by atoms with Crippen molar-refractivity contribution in [2.24, 2.45) is 0 Å². The number of hydrogen-bond acceptors (Lipinski definition) is 3. The Morgan fingerprint density at radius 2 is 2.16 bits per heavy atom. The molecule has 0 bridgehead atoms. The summed E-state index contributed by atoms with van der Waals surface area (Å²) >= 11 is 0. The molecule has 5 heteroatoms. The van der Waals surface area contributed by atoms with Crippen LogP contribution in [0.1, 0.15) is 19.3 Å². The first kappa shape index (κ1) is 12.7. The number of benzene rings is 1. The molecule has 104 valence electrons. The van der Waals surface area contributed by atoms with Gasteiger partial charge in [0.2, 0.25) is 0 Å². The van der Waals surface area contributed by atoms with E-state index in [9.17, 15) is 8.78 Å². The minimum absolute atomic E-state index is 0.210. The zero-order chi connectivity index (χ0) is 13.2. The Morgan fingerprint density at radius 3 is 3.00 bits per heavy atom. The zero-order valence-electron chi connectivity index (χ0n) is 10.7. The van der Waals surface area contributed by atoms with Crippen LogP contribution in [0.4, 0.5) is 14.5 Å². The number of alkyl halides is 2. The Labute approximate surface area is 111 Å². The molecule has 0 aliphatic carbocycles. The number of nitrogens with zero attached hydrogens (tertiary/aromatic N) is 1. The van der Waals surface area contributed by atoms with E-state index in [1.807, 2.05) is 6.07 Å². The second-order valence-corrected chi connectivity index (χ2v) is 5.19. The Bertz CT molecular complexity index is 441. The molecule has 2 heterocycles. The molecule has 0 saturated carbocycles. The lowest BCUT2D eigenvalue weighted by molar-refractivity contribution is -0.0498. The van der Waals surface area contributed by atoms with Crippen molar-refractivity contribution in [3.8, 4) is 5.75 Å². The summed E-state index contributed by atoms with van der Waals surface area (Å²) in [5.74, 6) is 0.210. The number of anilines is 1. The maximum Gasteiger partial charge on any atom is 0.387 e. The summed E-state index contributed by atoms with van der Waals surface area (Å²) in [6.07, 6.45) is 3.60. The van der Waals surface area contributed by atoms with Gasteiger partial charge in [0, 0.05) is 30.4 Å². The van der Waals surface area contributed by atoms with E-state index in [1.165, 1.54) is 19.4 Å². The molecule has 2 aliphatic heterocycles. The number of hydrogen-bond donors (Lipinski definition) is 1. The summed E-state index contributed by atoms with van der Waals surface area (Å²) in [6.45, 7) is -0.445. The fourth-order valence-electron chi connectivity index (χ4n) is 3.23. The van der Waals surface area contributed by atoms with Gasteiger partial charge in [-0.25, -0.2) is 0 Å². The molecule has 19 heavy (non-hydrogen) atoms. The van der Waals surface area contributed by atoms with Gasteiger partial charge in [-0.1, -0.05) is 6.07 Å². The summed E-state index contributed by atoms with van der Waals surface area (Å²) in [6, 6.07) is 7.85. The quantitative estimate of drug-likeness (QED) is 0.908. The molecule has 0 spiro atoms. The molecule has 2 unspecified atom stereocenters. The molecule has 2 fully saturated rings. The predicted octanol–water partition coefficient (Wildman–Crippen LogP) is 2.94. The summed E-state index contributed by atoms with van der Waals surface area (Å²) in [4.78, 5) is 2.51. The molecule has 0 aromatic heterocycles. The average Bonchev–Trinajstić information content (AvgIpc) is 2.94. The van der Waals surface area contributed by atoms with Crippen LogP contribution >= 0.6 is 0 Å². The van der Waals surface area contributed by atoms with Gasteiger partial charge >= 0.3 is 6.61 Å². The van der Waals surface area contributed by atoms with Gasteiger partial charge in [0.25, 0.3) is 0 Å². The van der Waals surface area contributed by atoms with Crippen molar-refractivity contribution >= 4 is 5.69 Å². The van der Waals surface area contributed by atoms with Gasteiger partial charge in [0.15, 0.2) is 0 Å². The lowest BCUT2D eigenvalue weighted by Crippen LogP contribution is -2.33. The van der Waals surface area contributed by atoms with Crippen LogP contribution in [0.15, 0.2) is 24.3 Å². The SMILES string of the molecule is FC(F)Oc1cccc(NC2CCN3CCCC23)c1. The fraction of sp³-hybridized carbons (Fsp3) is 0.571. The van der Waals surface area contributed by atoms with Crippen molar-refractivity contribution in [3.63, 3.8) is 0 Å². The smallest absolute Gasteiger partial charge is 0.387 e. The average molecular weight is 268 g/mol. The van der Waals surface area contributed by atoms with E-state index in [0.29, 0.717) is 12.1 Å². The van der Waals surface area contributed by atoms with Gasteiger partial charge in [-0.15, -0.1) is 0 Å². The first-order chi connectivity index (χ1) is 9.22. The summed E-state index contributed by atoms with van der Waals surface area (Å²) in [5.41, 5.74) is 0.858. The van der Waals surface area contributed by atoms with E-state index < -0.39 is 6.61 Å². The molecule has 2 aliphatic rings. The maximum atomic E-state index is 12.2. The third-order valence-corrected chi connectivity index (χ3v) is 4.02. The zero-order valence-corrected chi connectivity index (χ0v) is 10.7. The highest BCUT2D eigenvalue weighted by Gasteiger charge is 2.36. The summed E-state index contributed by atoms with van der Waals surface area (Å²) in [7, 11) is 0. The summed E-state index contributed by atoms with van der Waals surface area (Å²) in [5, 5.41) is 3.46.